The SMILES string of the molecule is COC(=O)c1ccc(NCC2CCCOC2)cc1. The van der Waals surface area contributed by atoms with Crippen molar-refractivity contribution in [3.63, 3.8) is 0 Å². The molecule has 1 fully saturated rings. The van der Waals surface area contributed by atoms with Crippen molar-refractivity contribution in [3.8, 4) is 0 Å². The van der Waals surface area contributed by atoms with Crippen molar-refractivity contribution in [1.82, 2.24) is 0 Å². The van der Waals surface area contributed by atoms with E-state index in [-0.39, 0.29) is 5.97 Å². The van der Waals surface area contributed by atoms with Crippen LogP contribution in [-0.2, 0) is 9.47 Å². The molecule has 0 spiro atoms. The Morgan fingerprint density at radius 2 is 2.22 bits per heavy atom. The van der Waals surface area contributed by atoms with Gasteiger partial charge in [0, 0.05) is 18.8 Å². The van der Waals surface area contributed by atoms with E-state index < -0.39 is 0 Å². The van der Waals surface area contributed by atoms with Crippen molar-refractivity contribution in [2.75, 3.05) is 32.2 Å². The van der Waals surface area contributed by atoms with Gasteiger partial charge in [0.15, 0.2) is 0 Å². The highest BCUT2D eigenvalue weighted by Gasteiger charge is 2.13. The molecule has 0 bridgehead atoms. The summed E-state index contributed by atoms with van der Waals surface area (Å²) in [5.41, 5.74) is 1.59. The van der Waals surface area contributed by atoms with Crippen molar-refractivity contribution in [2.45, 2.75) is 12.8 Å². The van der Waals surface area contributed by atoms with Gasteiger partial charge in [0.05, 0.1) is 19.3 Å². The fourth-order valence-electron chi connectivity index (χ4n) is 2.07. The highest BCUT2D eigenvalue weighted by Crippen LogP contribution is 2.16. The largest absolute Gasteiger partial charge is 0.465 e. The maximum Gasteiger partial charge on any atom is 0.337 e. The molecule has 0 saturated carbocycles. The number of carbonyl (C=O) groups is 1. The number of anilines is 1. The summed E-state index contributed by atoms with van der Waals surface area (Å²) in [5.74, 6) is 0.279. The van der Waals surface area contributed by atoms with Gasteiger partial charge in [-0.15, -0.1) is 0 Å². The van der Waals surface area contributed by atoms with Gasteiger partial charge in [-0.05, 0) is 43.0 Å². The number of hydrogen-bond acceptors (Lipinski definition) is 4. The lowest BCUT2D eigenvalue weighted by Crippen LogP contribution is -2.24. The van der Waals surface area contributed by atoms with Crippen molar-refractivity contribution in [2.24, 2.45) is 5.92 Å². The van der Waals surface area contributed by atoms with Crippen LogP contribution >= 0.6 is 0 Å². The van der Waals surface area contributed by atoms with Gasteiger partial charge in [-0.3, -0.25) is 0 Å². The molecule has 4 nitrogen and oxygen atoms in total. The average molecular weight is 249 g/mol. The van der Waals surface area contributed by atoms with Crippen LogP contribution in [0, 0.1) is 5.92 Å². The third-order valence-electron chi connectivity index (χ3n) is 3.16. The minimum Gasteiger partial charge on any atom is -0.465 e. The van der Waals surface area contributed by atoms with Crippen LogP contribution < -0.4 is 5.32 Å². The zero-order chi connectivity index (χ0) is 12.8. The van der Waals surface area contributed by atoms with Crippen LogP contribution in [0.5, 0.6) is 0 Å². The summed E-state index contributed by atoms with van der Waals surface area (Å²) < 4.78 is 10.1. The molecule has 98 valence electrons. The van der Waals surface area contributed by atoms with Crippen LogP contribution in [0.1, 0.15) is 23.2 Å². The molecule has 0 amide bonds. The number of esters is 1. The first-order valence-electron chi connectivity index (χ1n) is 6.29. The number of benzene rings is 1. The van der Waals surface area contributed by atoms with Crippen LogP contribution in [0.15, 0.2) is 24.3 Å². The molecule has 1 aromatic rings. The second-order valence-corrected chi connectivity index (χ2v) is 4.53. The maximum atomic E-state index is 11.3. The lowest BCUT2D eigenvalue weighted by molar-refractivity contribution is 0.0595. The molecule has 1 heterocycles. The van der Waals surface area contributed by atoms with E-state index in [4.69, 9.17) is 4.74 Å². The summed E-state index contributed by atoms with van der Waals surface area (Å²) in [7, 11) is 1.39. The number of nitrogens with one attached hydrogen (secondary N) is 1. The molecular weight excluding hydrogens is 230 g/mol. The van der Waals surface area contributed by atoms with Crippen molar-refractivity contribution >= 4 is 11.7 Å². The van der Waals surface area contributed by atoms with E-state index in [2.05, 4.69) is 10.1 Å². The van der Waals surface area contributed by atoms with Crippen molar-refractivity contribution in [3.05, 3.63) is 29.8 Å². The normalized spacial score (nSPS) is 19.3. The first-order chi connectivity index (χ1) is 8.79. The number of carbonyl (C=O) groups excluding carboxylic acids is 1. The molecule has 4 heteroatoms. The van der Waals surface area contributed by atoms with E-state index >= 15 is 0 Å². The minimum atomic E-state index is -0.303. The number of hydrogen-bond donors (Lipinski definition) is 1. The highest BCUT2D eigenvalue weighted by atomic mass is 16.5. The third-order valence-corrected chi connectivity index (χ3v) is 3.16. The summed E-state index contributed by atoms with van der Waals surface area (Å²) in [4.78, 5) is 11.3. The van der Waals surface area contributed by atoms with E-state index in [1.54, 1.807) is 12.1 Å². The molecule has 1 aliphatic rings. The highest BCUT2D eigenvalue weighted by molar-refractivity contribution is 5.89. The van der Waals surface area contributed by atoms with E-state index in [0.717, 1.165) is 31.9 Å². The van der Waals surface area contributed by atoms with E-state index in [1.165, 1.54) is 13.5 Å². The monoisotopic (exact) mass is 249 g/mol. The van der Waals surface area contributed by atoms with Crippen molar-refractivity contribution in [1.29, 1.82) is 0 Å². The van der Waals surface area contributed by atoms with Gasteiger partial charge in [-0.1, -0.05) is 0 Å². The first kappa shape index (κ1) is 12.9. The minimum absolute atomic E-state index is 0.303. The Morgan fingerprint density at radius 1 is 1.44 bits per heavy atom. The van der Waals surface area contributed by atoms with Gasteiger partial charge in [0.25, 0.3) is 0 Å². The summed E-state index contributed by atoms with van der Waals surface area (Å²) in [5, 5.41) is 3.37. The average Bonchev–Trinajstić information content (AvgIpc) is 2.46. The molecule has 1 aromatic carbocycles. The maximum absolute atomic E-state index is 11.3. The van der Waals surface area contributed by atoms with Gasteiger partial charge in [0.1, 0.15) is 0 Å². The Hall–Kier alpha value is -1.55. The lowest BCUT2D eigenvalue weighted by atomic mass is 10.0. The van der Waals surface area contributed by atoms with Gasteiger partial charge in [-0.25, -0.2) is 4.79 Å². The summed E-state index contributed by atoms with van der Waals surface area (Å²) in [6, 6.07) is 7.34. The van der Waals surface area contributed by atoms with Gasteiger partial charge >= 0.3 is 5.97 Å². The second kappa shape index (κ2) is 6.40. The molecule has 1 atom stereocenters. The van der Waals surface area contributed by atoms with Crippen LogP contribution in [0.2, 0.25) is 0 Å². The third kappa shape index (κ3) is 3.47. The smallest absolute Gasteiger partial charge is 0.337 e. The second-order valence-electron chi connectivity index (χ2n) is 4.53. The van der Waals surface area contributed by atoms with Crippen LogP contribution in [-0.4, -0.2) is 32.8 Å². The van der Waals surface area contributed by atoms with Crippen LogP contribution in [0.25, 0.3) is 0 Å². The predicted octanol–water partition coefficient (Wildman–Crippen LogP) is 2.31. The van der Waals surface area contributed by atoms with Gasteiger partial charge in [0.2, 0.25) is 0 Å². The van der Waals surface area contributed by atoms with Gasteiger partial charge in [-0.2, -0.15) is 0 Å². The molecule has 1 unspecified atom stereocenters. The molecule has 0 radical (unpaired) electrons. The number of rotatable bonds is 4. The molecule has 0 aliphatic carbocycles. The summed E-state index contributed by atoms with van der Waals surface area (Å²) >= 11 is 0. The predicted molar refractivity (Wildman–Crippen MR) is 69.8 cm³/mol. The standard InChI is InChI=1S/C14H19NO3/c1-17-14(16)12-4-6-13(7-5-12)15-9-11-3-2-8-18-10-11/h4-7,11,15H,2-3,8-10H2,1H3. The Morgan fingerprint density at radius 3 is 2.83 bits per heavy atom. The lowest BCUT2D eigenvalue weighted by Gasteiger charge is -2.22. The van der Waals surface area contributed by atoms with Crippen molar-refractivity contribution < 1.29 is 14.3 Å². The summed E-state index contributed by atoms with van der Waals surface area (Å²) in [6.45, 7) is 2.65. The number of ether oxygens (including phenoxy) is 2. The molecule has 1 N–H and O–H groups in total. The Balaban J connectivity index is 1.84. The topological polar surface area (TPSA) is 47.6 Å². The Bertz CT molecular complexity index is 383. The first-order valence-corrected chi connectivity index (χ1v) is 6.29. The molecular formula is C14H19NO3. The quantitative estimate of drug-likeness (QED) is 0.832. The van der Waals surface area contributed by atoms with E-state index in [1.807, 2.05) is 12.1 Å². The molecule has 18 heavy (non-hydrogen) atoms. The Kier molecular flexibility index (Phi) is 4.59. The fraction of sp³-hybridized carbons (Fsp3) is 0.500. The summed E-state index contributed by atoms with van der Waals surface area (Å²) in [6.07, 6.45) is 2.36. The van der Waals surface area contributed by atoms with Crippen LogP contribution in [0.3, 0.4) is 0 Å². The Labute approximate surface area is 107 Å². The fourth-order valence-corrected chi connectivity index (χ4v) is 2.07. The van der Waals surface area contributed by atoms with E-state index in [0.29, 0.717) is 11.5 Å². The zero-order valence-electron chi connectivity index (χ0n) is 10.6. The molecule has 1 aliphatic heterocycles. The van der Waals surface area contributed by atoms with E-state index in [9.17, 15) is 4.79 Å². The number of methoxy groups -OCH3 is 1. The zero-order valence-corrected chi connectivity index (χ0v) is 10.6. The molecule has 1 saturated heterocycles. The van der Waals surface area contributed by atoms with Crippen LogP contribution in [0.4, 0.5) is 5.69 Å². The van der Waals surface area contributed by atoms with Gasteiger partial charge < -0.3 is 14.8 Å². The molecule has 2 rings (SSSR count). The molecule has 0 aromatic heterocycles.